The van der Waals surface area contributed by atoms with Crippen molar-refractivity contribution in [2.75, 3.05) is 26.8 Å². The van der Waals surface area contributed by atoms with Gasteiger partial charge >= 0.3 is 12.1 Å². The van der Waals surface area contributed by atoms with E-state index in [1.165, 1.54) is 7.11 Å². The molecule has 8 nitrogen and oxygen atoms in total. The minimum Gasteiger partial charge on any atom is -0.493 e. The Bertz CT molecular complexity index is 1220. The predicted molar refractivity (Wildman–Crippen MR) is 143 cm³/mol. The van der Waals surface area contributed by atoms with Crippen molar-refractivity contribution in [2.45, 2.75) is 46.1 Å². The first-order valence-electron chi connectivity index (χ1n) is 13.1. The highest BCUT2D eigenvalue weighted by atomic mass is 16.6. The highest BCUT2D eigenvalue weighted by molar-refractivity contribution is 5.76. The van der Waals surface area contributed by atoms with Gasteiger partial charge in [-0.2, -0.15) is 0 Å². The van der Waals surface area contributed by atoms with Crippen molar-refractivity contribution in [3.8, 4) is 17.2 Å². The lowest BCUT2D eigenvalue weighted by Crippen LogP contribution is -2.32. The second-order valence-corrected chi connectivity index (χ2v) is 9.90. The van der Waals surface area contributed by atoms with E-state index in [2.05, 4.69) is 4.98 Å². The summed E-state index contributed by atoms with van der Waals surface area (Å²) in [6.07, 6.45) is 1.54. The Morgan fingerprint density at radius 1 is 1.08 bits per heavy atom. The van der Waals surface area contributed by atoms with Gasteiger partial charge in [0.2, 0.25) is 5.89 Å². The number of aryl methyl sites for hydroxylation is 2. The highest BCUT2D eigenvalue weighted by Crippen LogP contribution is 2.30. The normalized spacial score (nSPS) is 17.0. The van der Waals surface area contributed by atoms with Gasteiger partial charge in [0.05, 0.1) is 31.4 Å². The lowest BCUT2D eigenvalue weighted by Gasteiger charge is -2.18. The first-order valence-corrected chi connectivity index (χ1v) is 13.1. The molecule has 1 aliphatic heterocycles. The van der Waals surface area contributed by atoms with Crippen LogP contribution in [0, 0.1) is 18.8 Å². The summed E-state index contributed by atoms with van der Waals surface area (Å²) >= 11 is 0. The molecule has 2 aromatic carbocycles. The van der Waals surface area contributed by atoms with Gasteiger partial charge in [0.1, 0.15) is 11.5 Å². The van der Waals surface area contributed by atoms with Crippen LogP contribution in [-0.4, -0.2) is 54.9 Å². The van der Waals surface area contributed by atoms with Gasteiger partial charge in [0.25, 0.3) is 0 Å². The molecule has 0 radical (unpaired) electrons. The Morgan fingerprint density at radius 3 is 2.61 bits per heavy atom. The van der Waals surface area contributed by atoms with Crippen LogP contribution in [0.1, 0.15) is 37.3 Å². The van der Waals surface area contributed by atoms with E-state index in [0.717, 1.165) is 41.2 Å². The fourth-order valence-electron chi connectivity index (χ4n) is 4.78. The van der Waals surface area contributed by atoms with Crippen molar-refractivity contribution in [2.24, 2.45) is 11.8 Å². The van der Waals surface area contributed by atoms with Crippen molar-refractivity contribution in [3.05, 3.63) is 71.6 Å². The van der Waals surface area contributed by atoms with Gasteiger partial charge in [-0.3, -0.25) is 4.79 Å². The smallest absolute Gasteiger partial charge is 0.410 e. The summed E-state index contributed by atoms with van der Waals surface area (Å²) < 4.78 is 22.2. The Kier molecular flexibility index (Phi) is 9.05. The number of carbonyl (C=O) groups excluding carboxylic acids is 2. The van der Waals surface area contributed by atoms with E-state index in [1.807, 2.05) is 75.4 Å². The van der Waals surface area contributed by atoms with Crippen LogP contribution in [0.5, 0.6) is 5.75 Å². The molecule has 0 saturated carbocycles. The molecule has 1 aliphatic rings. The average Bonchev–Trinajstić information content (AvgIpc) is 3.51. The van der Waals surface area contributed by atoms with E-state index < -0.39 is 0 Å². The van der Waals surface area contributed by atoms with Crippen LogP contribution in [0.15, 0.2) is 59.0 Å². The number of oxazole rings is 1. The quantitative estimate of drug-likeness (QED) is 0.327. The molecular weight excluding hydrogens is 484 g/mol. The number of amides is 1. The number of nitrogens with zero attached hydrogens (tertiary/aromatic N) is 2. The van der Waals surface area contributed by atoms with Crippen molar-refractivity contribution in [1.29, 1.82) is 0 Å². The fourth-order valence-corrected chi connectivity index (χ4v) is 4.78. The number of rotatable bonds is 10. The number of methoxy groups -OCH3 is 1. The van der Waals surface area contributed by atoms with Crippen LogP contribution in [0.4, 0.5) is 4.79 Å². The summed E-state index contributed by atoms with van der Waals surface area (Å²) in [4.78, 5) is 31.0. The summed E-state index contributed by atoms with van der Waals surface area (Å²) in [5, 5.41) is 0. The topological polar surface area (TPSA) is 91.1 Å². The molecule has 3 aromatic rings. The second-order valence-electron chi connectivity index (χ2n) is 9.90. The number of benzene rings is 2. The summed E-state index contributed by atoms with van der Waals surface area (Å²) in [5.74, 6) is 1.55. The van der Waals surface area contributed by atoms with Crippen LogP contribution in [0.2, 0.25) is 0 Å². The number of hydrogen-bond acceptors (Lipinski definition) is 7. The zero-order valence-electron chi connectivity index (χ0n) is 22.5. The molecule has 4 rings (SSSR count). The molecule has 0 unspecified atom stereocenters. The Hall–Kier alpha value is -3.81. The standard InChI is InChI=1S/C30H36N2O6/c1-20(2)37-30(34)32-18-24(26(19-32)29(33)35-4)14-13-22-9-8-12-25(17-22)36-16-15-27-21(3)38-28(31-27)23-10-6-5-7-11-23/h5-12,17,20,24,26H,13-16,18-19H2,1-4H3/t24-,26-/m1/s1. The van der Waals surface area contributed by atoms with E-state index in [0.29, 0.717) is 32.0 Å². The zero-order valence-corrected chi connectivity index (χ0v) is 22.5. The van der Waals surface area contributed by atoms with Crippen LogP contribution >= 0.6 is 0 Å². The third kappa shape index (κ3) is 6.94. The number of carbonyl (C=O) groups is 2. The van der Waals surface area contributed by atoms with Crippen LogP contribution < -0.4 is 4.74 Å². The first kappa shape index (κ1) is 27.2. The Balaban J connectivity index is 1.31. The van der Waals surface area contributed by atoms with Crippen LogP contribution in [0.3, 0.4) is 0 Å². The molecule has 1 fully saturated rings. The molecule has 1 aromatic heterocycles. The maximum absolute atomic E-state index is 12.4. The van der Waals surface area contributed by atoms with E-state index >= 15 is 0 Å². The lowest BCUT2D eigenvalue weighted by atomic mass is 9.90. The SMILES string of the molecule is COC(=O)[C@@H]1CN(C(=O)OC(C)C)C[C@H]1CCc1cccc(OCCc2nc(-c3ccccc3)oc2C)c1. The van der Waals surface area contributed by atoms with Crippen molar-refractivity contribution in [1.82, 2.24) is 9.88 Å². The molecule has 0 N–H and O–H groups in total. The van der Waals surface area contributed by atoms with E-state index in [4.69, 9.17) is 18.6 Å². The molecule has 2 atom stereocenters. The van der Waals surface area contributed by atoms with E-state index in [-0.39, 0.29) is 30.0 Å². The molecule has 38 heavy (non-hydrogen) atoms. The number of aromatic nitrogens is 1. The highest BCUT2D eigenvalue weighted by Gasteiger charge is 2.40. The Morgan fingerprint density at radius 2 is 1.87 bits per heavy atom. The number of hydrogen-bond donors (Lipinski definition) is 0. The minimum absolute atomic E-state index is 0.000637. The summed E-state index contributed by atoms with van der Waals surface area (Å²) in [6, 6.07) is 17.8. The third-order valence-electron chi connectivity index (χ3n) is 6.76. The largest absolute Gasteiger partial charge is 0.493 e. The van der Waals surface area contributed by atoms with E-state index in [9.17, 15) is 9.59 Å². The van der Waals surface area contributed by atoms with Gasteiger partial charge in [-0.1, -0.05) is 30.3 Å². The summed E-state index contributed by atoms with van der Waals surface area (Å²) in [5.41, 5.74) is 2.95. The first-order chi connectivity index (χ1) is 18.3. The summed E-state index contributed by atoms with van der Waals surface area (Å²) in [6.45, 7) is 6.82. The maximum Gasteiger partial charge on any atom is 0.410 e. The molecule has 0 aliphatic carbocycles. The average molecular weight is 521 g/mol. The van der Waals surface area contributed by atoms with Crippen molar-refractivity contribution >= 4 is 12.1 Å². The minimum atomic E-state index is -0.384. The van der Waals surface area contributed by atoms with Gasteiger partial charge in [-0.25, -0.2) is 9.78 Å². The van der Waals surface area contributed by atoms with E-state index in [1.54, 1.807) is 4.90 Å². The predicted octanol–water partition coefficient (Wildman–Crippen LogP) is 5.47. The molecule has 202 valence electrons. The van der Waals surface area contributed by atoms with Crippen LogP contribution in [-0.2, 0) is 27.1 Å². The van der Waals surface area contributed by atoms with Gasteiger partial charge < -0.3 is 23.5 Å². The maximum atomic E-state index is 12.4. The molecule has 1 amide bonds. The molecule has 1 saturated heterocycles. The van der Waals surface area contributed by atoms with Gasteiger partial charge in [-0.05, 0) is 69.4 Å². The number of esters is 1. The number of likely N-dealkylation sites (tertiary alicyclic amines) is 1. The molecule has 0 bridgehead atoms. The van der Waals surface area contributed by atoms with Gasteiger partial charge in [-0.15, -0.1) is 0 Å². The monoisotopic (exact) mass is 520 g/mol. The fraction of sp³-hybridized carbons (Fsp3) is 0.433. The molecular formula is C30H36N2O6. The van der Waals surface area contributed by atoms with Gasteiger partial charge in [0.15, 0.2) is 0 Å². The molecule has 0 spiro atoms. The second kappa shape index (κ2) is 12.6. The van der Waals surface area contributed by atoms with Crippen molar-refractivity contribution in [3.63, 3.8) is 0 Å². The lowest BCUT2D eigenvalue weighted by molar-refractivity contribution is -0.146. The Labute approximate surface area is 223 Å². The van der Waals surface area contributed by atoms with Crippen LogP contribution in [0.25, 0.3) is 11.5 Å². The summed E-state index contributed by atoms with van der Waals surface area (Å²) in [7, 11) is 1.39. The zero-order chi connectivity index (χ0) is 27.1. The number of ether oxygens (including phenoxy) is 3. The van der Waals surface area contributed by atoms with Gasteiger partial charge in [0, 0.05) is 25.1 Å². The van der Waals surface area contributed by atoms with Crippen molar-refractivity contribution < 1.29 is 28.2 Å². The third-order valence-corrected chi connectivity index (χ3v) is 6.76. The molecule has 8 heteroatoms. The molecule has 2 heterocycles.